The van der Waals surface area contributed by atoms with Crippen molar-refractivity contribution in [1.29, 1.82) is 0 Å². The zero-order valence-electron chi connectivity index (χ0n) is 13.3. The van der Waals surface area contributed by atoms with Gasteiger partial charge in [0.15, 0.2) is 11.5 Å². The number of nitrogens with zero attached hydrogens (tertiary/aromatic N) is 4. The Morgan fingerprint density at radius 2 is 2.08 bits per heavy atom. The number of benzene rings is 1. The zero-order valence-corrected chi connectivity index (χ0v) is 13.3. The lowest BCUT2D eigenvalue weighted by Crippen LogP contribution is -2.31. The van der Waals surface area contributed by atoms with Crippen molar-refractivity contribution in [2.75, 3.05) is 6.54 Å². The molecular formula is C17H15FN4O3. The number of rotatable bonds is 4. The standard InChI is InChI=1S/C17H15FN4O3/c18-12-5-3-11(4-6-12)10-15-19-16(25-21-15)14-2-1-8-22(14)17(23)13-7-9-24-20-13/h3-7,9,14H,1-2,8,10H2. The van der Waals surface area contributed by atoms with E-state index < -0.39 is 0 Å². The second-order valence-corrected chi connectivity index (χ2v) is 5.89. The first kappa shape index (κ1) is 15.5. The minimum atomic E-state index is -0.287. The topological polar surface area (TPSA) is 85.3 Å². The molecule has 25 heavy (non-hydrogen) atoms. The number of aromatic nitrogens is 3. The van der Waals surface area contributed by atoms with Crippen LogP contribution in [0.4, 0.5) is 4.39 Å². The van der Waals surface area contributed by atoms with Crippen LogP contribution in [0.5, 0.6) is 0 Å². The molecule has 128 valence electrons. The highest BCUT2D eigenvalue weighted by Crippen LogP contribution is 2.32. The Hall–Kier alpha value is -3.03. The summed E-state index contributed by atoms with van der Waals surface area (Å²) in [6, 6.07) is 7.42. The maximum absolute atomic E-state index is 13.0. The number of carbonyl (C=O) groups is 1. The second kappa shape index (κ2) is 6.46. The maximum atomic E-state index is 13.0. The highest BCUT2D eigenvalue weighted by atomic mass is 19.1. The van der Waals surface area contributed by atoms with Crippen LogP contribution < -0.4 is 0 Å². The molecule has 1 atom stereocenters. The molecule has 1 fully saturated rings. The molecule has 0 saturated carbocycles. The first-order valence-electron chi connectivity index (χ1n) is 7.99. The van der Waals surface area contributed by atoms with Gasteiger partial charge in [-0.05, 0) is 30.5 Å². The number of likely N-dealkylation sites (tertiary alicyclic amines) is 1. The Balaban J connectivity index is 1.50. The summed E-state index contributed by atoms with van der Waals surface area (Å²) in [7, 11) is 0. The molecule has 0 aliphatic carbocycles. The van der Waals surface area contributed by atoms with Gasteiger partial charge < -0.3 is 13.9 Å². The molecule has 8 heteroatoms. The highest BCUT2D eigenvalue weighted by molar-refractivity contribution is 5.92. The van der Waals surface area contributed by atoms with E-state index in [4.69, 9.17) is 9.05 Å². The Kier molecular flexibility index (Phi) is 4.01. The average molecular weight is 342 g/mol. The molecule has 0 radical (unpaired) electrons. The minimum Gasteiger partial charge on any atom is -0.364 e. The molecule has 3 heterocycles. The van der Waals surface area contributed by atoms with E-state index in [0.29, 0.717) is 24.7 Å². The van der Waals surface area contributed by atoms with Crippen molar-refractivity contribution in [3.8, 4) is 0 Å². The van der Waals surface area contributed by atoms with Gasteiger partial charge in [0.1, 0.15) is 18.1 Å². The van der Waals surface area contributed by atoms with Crippen LogP contribution in [-0.2, 0) is 6.42 Å². The van der Waals surface area contributed by atoms with Crippen LogP contribution in [0.25, 0.3) is 0 Å². The van der Waals surface area contributed by atoms with Crippen molar-refractivity contribution in [3.63, 3.8) is 0 Å². The lowest BCUT2D eigenvalue weighted by molar-refractivity contribution is 0.0699. The lowest BCUT2D eigenvalue weighted by atomic mass is 10.1. The first-order valence-corrected chi connectivity index (χ1v) is 7.99. The molecule has 0 bridgehead atoms. The third-order valence-electron chi connectivity index (χ3n) is 4.21. The Labute approximate surface area is 142 Å². The molecule has 1 unspecified atom stereocenters. The first-order chi connectivity index (χ1) is 12.2. The molecule has 1 aliphatic rings. The predicted octanol–water partition coefficient (Wildman–Crippen LogP) is 2.76. The van der Waals surface area contributed by atoms with E-state index >= 15 is 0 Å². The second-order valence-electron chi connectivity index (χ2n) is 5.89. The molecule has 1 amide bonds. The number of hydrogen-bond donors (Lipinski definition) is 0. The summed E-state index contributed by atoms with van der Waals surface area (Å²) in [4.78, 5) is 18.6. The van der Waals surface area contributed by atoms with Crippen molar-refractivity contribution in [1.82, 2.24) is 20.2 Å². The van der Waals surface area contributed by atoms with Crippen LogP contribution in [0.2, 0.25) is 0 Å². The summed E-state index contributed by atoms with van der Waals surface area (Å²) in [6.07, 6.45) is 3.41. The Morgan fingerprint density at radius 3 is 2.84 bits per heavy atom. The van der Waals surface area contributed by atoms with Crippen LogP contribution in [0.3, 0.4) is 0 Å². The minimum absolute atomic E-state index is 0.213. The van der Waals surface area contributed by atoms with E-state index in [9.17, 15) is 9.18 Å². The molecule has 0 N–H and O–H groups in total. The molecule has 2 aromatic heterocycles. The van der Waals surface area contributed by atoms with Gasteiger partial charge in [-0.2, -0.15) is 4.98 Å². The van der Waals surface area contributed by atoms with Gasteiger partial charge in [0.05, 0.1) is 0 Å². The quantitative estimate of drug-likeness (QED) is 0.725. The fraction of sp³-hybridized carbons (Fsp3) is 0.294. The van der Waals surface area contributed by atoms with Crippen molar-refractivity contribution in [3.05, 3.63) is 65.4 Å². The molecule has 7 nitrogen and oxygen atoms in total. The monoisotopic (exact) mass is 342 g/mol. The number of halogens is 1. The van der Waals surface area contributed by atoms with Crippen molar-refractivity contribution < 1.29 is 18.2 Å². The van der Waals surface area contributed by atoms with Gasteiger partial charge in [0.25, 0.3) is 5.91 Å². The number of amides is 1. The largest absolute Gasteiger partial charge is 0.364 e. The summed E-state index contributed by atoms with van der Waals surface area (Å²) in [5.74, 6) is 0.411. The summed E-state index contributed by atoms with van der Waals surface area (Å²) >= 11 is 0. The molecule has 0 spiro atoms. The molecule has 1 aromatic carbocycles. The van der Waals surface area contributed by atoms with E-state index in [1.165, 1.54) is 24.5 Å². The van der Waals surface area contributed by atoms with Crippen molar-refractivity contribution >= 4 is 5.91 Å². The maximum Gasteiger partial charge on any atom is 0.276 e. The third-order valence-corrected chi connectivity index (χ3v) is 4.21. The SMILES string of the molecule is O=C(c1ccon1)N1CCCC1c1nc(Cc2ccc(F)cc2)no1. The van der Waals surface area contributed by atoms with Crippen molar-refractivity contribution in [2.45, 2.75) is 25.3 Å². The fourth-order valence-corrected chi connectivity index (χ4v) is 3.00. The highest BCUT2D eigenvalue weighted by Gasteiger charge is 2.35. The summed E-state index contributed by atoms with van der Waals surface area (Å²) in [5.41, 5.74) is 1.15. The van der Waals surface area contributed by atoms with Crippen LogP contribution in [-0.4, -0.2) is 32.6 Å². The van der Waals surface area contributed by atoms with E-state index in [0.717, 1.165) is 18.4 Å². The third kappa shape index (κ3) is 3.15. The normalized spacial score (nSPS) is 17.2. The van der Waals surface area contributed by atoms with Crippen LogP contribution in [0.1, 0.15) is 46.7 Å². The van der Waals surface area contributed by atoms with Gasteiger partial charge in [0.2, 0.25) is 5.89 Å². The van der Waals surface area contributed by atoms with Gasteiger partial charge in [-0.25, -0.2) is 4.39 Å². The van der Waals surface area contributed by atoms with Gasteiger partial charge >= 0.3 is 0 Å². The lowest BCUT2D eigenvalue weighted by Gasteiger charge is -2.20. The summed E-state index contributed by atoms with van der Waals surface area (Å²) in [5, 5.41) is 7.68. The summed E-state index contributed by atoms with van der Waals surface area (Å²) in [6.45, 7) is 0.603. The predicted molar refractivity (Wildman–Crippen MR) is 83.0 cm³/mol. The van der Waals surface area contributed by atoms with Gasteiger partial charge in [-0.3, -0.25) is 4.79 Å². The van der Waals surface area contributed by atoms with Crippen LogP contribution in [0.15, 0.2) is 45.6 Å². The zero-order chi connectivity index (χ0) is 17.2. The molecule has 4 rings (SSSR count). The smallest absolute Gasteiger partial charge is 0.276 e. The molecule has 1 aliphatic heterocycles. The number of hydrogen-bond acceptors (Lipinski definition) is 6. The average Bonchev–Trinajstić information content (AvgIpc) is 3.37. The Morgan fingerprint density at radius 1 is 1.24 bits per heavy atom. The van der Waals surface area contributed by atoms with Gasteiger partial charge in [-0.15, -0.1) is 0 Å². The van der Waals surface area contributed by atoms with E-state index in [2.05, 4.69) is 15.3 Å². The van der Waals surface area contributed by atoms with Gasteiger partial charge in [0, 0.05) is 19.0 Å². The summed E-state index contributed by atoms with van der Waals surface area (Å²) < 4.78 is 23.1. The van der Waals surface area contributed by atoms with E-state index in [-0.39, 0.29) is 23.5 Å². The van der Waals surface area contributed by atoms with Gasteiger partial charge in [-0.1, -0.05) is 22.4 Å². The number of carbonyl (C=O) groups excluding carboxylic acids is 1. The molecule has 3 aromatic rings. The fourth-order valence-electron chi connectivity index (χ4n) is 3.00. The van der Waals surface area contributed by atoms with Crippen molar-refractivity contribution in [2.24, 2.45) is 0 Å². The Bertz CT molecular complexity index is 860. The van der Waals surface area contributed by atoms with E-state index in [1.807, 2.05) is 0 Å². The van der Waals surface area contributed by atoms with E-state index in [1.54, 1.807) is 17.0 Å². The van der Waals surface area contributed by atoms with Crippen LogP contribution in [0, 0.1) is 5.82 Å². The van der Waals surface area contributed by atoms with Crippen LogP contribution >= 0.6 is 0 Å². The molecular weight excluding hydrogens is 327 g/mol. The molecule has 1 saturated heterocycles.